The highest BCUT2D eigenvalue weighted by Crippen LogP contribution is 2.30. The minimum atomic E-state index is -0.726. The molecule has 1 atom stereocenters. The second-order valence-corrected chi connectivity index (χ2v) is 5.03. The average molecular weight is 278 g/mol. The summed E-state index contributed by atoms with van der Waals surface area (Å²) in [6.45, 7) is 3.65. The molecule has 0 aliphatic rings. The largest absolute Gasteiger partial charge is 0.393 e. The number of hydrogen-bond acceptors (Lipinski definition) is 4. The maximum absolute atomic E-state index is 14.1. The molecule has 0 aliphatic carbocycles. The van der Waals surface area contributed by atoms with Crippen molar-refractivity contribution in [2.75, 3.05) is 0 Å². The number of hydrogen-bond donors (Lipinski definition) is 1. The van der Waals surface area contributed by atoms with E-state index in [1.54, 1.807) is 6.07 Å². The molecule has 0 saturated carbocycles. The third-order valence-electron chi connectivity index (χ3n) is 3.30. The molecule has 106 valence electrons. The van der Waals surface area contributed by atoms with E-state index in [0.717, 1.165) is 6.07 Å². The molecule has 0 radical (unpaired) electrons. The second-order valence-electron chi connectivity index (χ2n) is 5.03. The van der Waals surface area contributed by atoms with Crippen LogP contribution in [0, 0.1) is 21.8 Å². The Kier molecular flexibility index (Phi) is 3.94. The number of fused-ring (bicyclic) bond motifs is 1. The van der Waals surface area contributed by atoms with Gasteiger partial charge in [-0.2, -0.15) is 0 Å². The van der Waals surface area contributed by atoms with Crippen LogP contribution in [-0.2, 0) is 6.42 Å². The molecule has 1 heterocycles. The van der Waals surface area contributed by atoms with Gasteiger partial charge < -0.3 is 5.11 Å². The Labute approximate surface area is 115 Å². The normalized spacial score (nSPS) is 12.8. The number of aliphatic hydroxyl groups excluding tert-OH is 1. The van der Waals surface area contributed by atoms with Gasteiger partial charge >= 0.3 is 0 Å². The van der Waals surface area contributed by atoms with E-state index in [2.05, 4.69) is 4.98 Å². The fourth-order valence-corrected chi connectivity index (χ4v) is 2.04. The first-order chi connectivity index (χ1) is 9.41. The van der Waals surface area contributed by atoms with Crippen LogP contribution in [0.1, 0.15) is 19.4 Å². The van der Waals surface area contributed by atoms with E-state index in [9.17, 15) is 19.6 Å². The summed E-state index contributed by atoms with van der Waals surface area (Å²) < 4.78 is 14.1. The Bertz CT molecular complexity index is 658. The lowest BCUT2D eigenvalue weighted by Crippen LogP contribution is -2.19. The van der Waals surface area contributed by atoms with Crippen LogP contribution >= 0.6 is 0 Å². The van der Waals surface area contributed by atoms with Crippen molar-refractivity contribution in [1.82, 2.24) is 4.98 Å². The molecule has 0 amide bonds. The Balaban J connectivity index is 2.64. The number of nitro benzene ring substituents is 1. The molecule has 0 aliphatic heterocycles. The van der Waals surface area contributed by atoms with E-state index >= 15 is 0 Å². The molecule has 1 N–H and O–H groups in total. The summed E-state index contributed by atoms with van der Waals surface area (Å²) in [5, 5.41) is 21.2. The molecule has 1 unspecified atom stereocenters. The van der Waals surface area contributed by atoms with Crippen molar-refractivity contribution in [2.45, 2.75) is 26.4 Å². The SMILES string of the molecule is CC(C)C(O)Cc1c(F)cc([N+](=O)[O-])c2cccnc12. The monoisotopic (exact) mass is 278 g/mol. The van der Waals surface area contributed by atoms with Crippen LogP contribution in [0.2, 0.25) is 0 Å². The first-order valence-corrected chi connectivity index (χ1v) is 6.30. The van der Waals surface area contributed by atoms with Crippen LogP contribution in [-0.4, -0.2) is 21.1 Å². The second kappa shape index (κ2) is 5.50. The van der Waals surface area contributed by atoms with Gasteiger partial charge in [0.05, 0.1) is 28.0 Å². The van der Waals surface area contributed by atoms with Crippen LogP contribution < -0.4 is 0 Å². The van der Waals surface area contributed by atoms with E-state index in [1.165, 1.54) is 12.3 Å². The Morgan fingerprint density at radius 2 is 2.20 bits per heavy atom. The van der Waals surface area contributed by atoms with Gasteiger partial charge in [-0.3, -0.25) is 15.1 Å². The number of rotatable bonds is 4. The summed E-state index contributed by atoms with van der Waals surface area (Å²) in [6.07, 6.45) is 0.808. The van der Waals surface area contributed by atoms with E-state index in [0.29, 0.717) is 0 Å². The van der Waals surface area contributed by atoms with Gasteiger partial charge in [0.1, 0.15) is 5.82 Å². The summed E-state index contributed by atoms with van der Waals surface area (Å²) in [4.78, 5) is 14.4. The summed E-state index contributed by atoms with van der Waals surface area (Å²) in [6, 6.07) is 3.99. The number of nitrogens with zero attached hydrogens (tertiary/aromatic N) is 2. The Morgan fingerprint density at radius 3 is 2.80 bits per heavy atom. The number of halogens is 1. The zero-order valence-electron chi connectivity index (χ0n) is 11.2. The highest BCUT2D eigenvalue weighted by Gasteiger charge is 2.22. The third kappa shape index (κ3) is 2.60. The molecule has 1 aromatic heterocycles. The molecular weight excluding hydrogens is 263 g/mol. The molecule has 0 spiro atoms. The lowest BCUT2D eigenvalue weighted by molar-refractivity contribution is -0.383. The predicted molar refractivity (Wildman–Crippen MR) is 72.9 cm³/mol. The van der Waals surface area contributed by atoms with Gasteiger partial charge in [-0.1, -0.05) is 13.8 Å². The van der Waals surface area contributed by atoms with Crippen LogP contribution in [0.5, 0.6) is 0 Å². The summed E-state index contributed by atoms with van der Waals surface area (Å²) in [5.41, 5.74) is 0.139. The lowest BCUT2D eigenvalue weighted by Gasteiger charge is -2.16. The maximum atomic E-state index is 14.1. The molecule has 2 rings (SSSR count). The summed E-state index contributed by atoms with van der Waals surface area (Å²) >= 11 is 0. The Morgan fingerprint density at radius 1 is 1.50 bits per heavy atom. The lowest BCUT2D eigenvalue weighted by atomic mass is 9.96. The van der Waals surface area contributed by atoms with Gasteiger partial charge in [0.2, 0.25) is 0 Å². The molecule has 0 saturated heterocycles. The highest BCUT2D eigenvalue weighted by atomic mass is 19.1. The van der Waals surface area contributed by atoms with Crippen LogP contribution in [0.15, 0.2) is 24.4 Å². The molecule has 1 aromatic carbocycles. The summed E-state index contributed by atoms with van der Waals surface area (Å²) in [7, 11) is 0. The number of nitro groups is 1. The maximum Gasteiger partial charge on any atom is 0.281 e. The van der Waals surface area contributed by atoms with Gasteiger partial charge in [0.15, 0.2) is 0 Å². The first-order valence-electron chi connectivity index (χ1n) is 6.30. The van der Waals surface area contributed by atoms with Crippen molar-refractivity contribution >= 4 is 16.6 Å². The molecular formula is C14H15FN2O3. The molecule has 6 heteroatoms. The number of benzene rings is 1. The minimum Gasteiger partial charge on any atom is -0.393 e. The molecule has 5 nitrogen and oxygen atoms in total. The van der Waals surface area contributed by atoms with E-state index in [4.69, 9.17) is 0 Å². The van der Waals surface area contributed by atoms with Gasteiger partial charge in [0.25, 0.3) is 5.69 Å². The molecule has 20 heavy (non-hydrogen) atoms. The smallest absolute Gasteiger partial charge is 0.281 e. The van der Waals surface area contributed by atoms with E-state index in [1.807, 2.05) is 13.8 Å². The molecule has 0 fully saturated rings. The molecule has 2 aromatic rings. The fourth-order valence-electron chi connectivity index (χ4n) is 2.04. The topological polar surface area (TPSA) is 76.3 Å². The first kappa shape index (κ1) is 14.3. The number of pyridine rings is 1. The van der Waals surface area contributed by atoms with Crippen molar-refractivity contribution < 1.29 is 14.4 Å². The zero-order valence-corrected chi connectivity index (χ0v) is 11.2. The van der Waals surface area contributed by atoms with Crippen LogP contribution in [0.4, 0.5) is 10.1 Å². The van der Waals surface area contributed by atoms with Gasteiger partial charge in [-0.25, -0.2) is 4.39 Å². The van der Waals surface area contributed by atoms with Gasteiger partial charge in [-0.15, -0.1) is 0 Å². The van der Waals surface area contributed by atoms with Gasteiger partial charge in [-0.05, 0) is 18.1 Å². The molecule has 0 bridgehead atoms. The Hall–Kier alpha value is -2.08. The number of aromatic nitrogens is 1. The van der Waals surface area contributed by atoms with E-state index < -0.39 is 16.8 Å². The quantitative estimate of drug-likeness (QED) is 0.689. The van der Waals surface area contributed by atoms with Crippen LogP contribution in [0.3, 0.4) is 0 Å². The fraction of sp³-hybridized carbons (Fsp3) is 0.357. The summed E-state index contributed by atoms with van der Waals surface area (Å²) in [5.74, 6) is -0.744. The van der Waals surface area contributed by atoms with Crippen molar-refractivity contribution in [3.05, 3.63) is 45.9 Å². The number of aliphatic hydroxyl groups is 1. The van der Waals surface area contributed by atoms with Crippen LogP contribution in [0.25, 0.3) is 10.9 Å². The average Bonchev–Trinajstić information content (AvgIpc) is 2.40. The standard InChI is InChI=1S/C14H15FN2O3/c1-8(2)13(18)6-10-11(15)7-12(17(19)20)9-4-3-5-16-14(9)10/h3-5,7-8,13,18H,6H2,1-2H3. The highest BCUT2D eigenvalue weighted by molar-refractivity contribution is 5.90. The van der Waals surface area contributed by atoms with Gasteiger partial charge in [0, 0.05) is 18.2 Å². The predicted octanol–water partition coefficient (Wildman–Crippen LogP) is 2.84. The minimum absolute atomic E-state index is 0.0386. The van der Waals surface area contributed by atoms with E-state index in [-0.39, 0.29) is 34.5 Å². The zero-order chi connectivity index (χ0) is 14.9. The van der Waals surface area contributed by atoms with Crippen molar-refractivity contribution in [1.29, 1.82) is 0 Å². The number of non-ortho nitro benzene ring substituents is 1. The van der Waals surface area contributed by atoms with Crippen molar-refractivity contribution in [3.8, 4) is 0 Å². The third-order valence-corrected chi connectivity index (χ3v) is 3.30. The van der Waals surface area contributed by atoms with Crippen molar-refractivity contribution in [2.24, 2.45) is 5.92 Å². The van der Waals surface area contributed by atoms with Crippen molar-refractivity contribution in [3.63, 3.8) is 0 Å².